The third-order valence-corrected chi connectivity index (χ3v) is 11.2. The van der Waals surface area contributed by atoms with Crippen molar-refractivity contribution in [1.82, 2.24) is 0 Å². The van der Waals surface area contributed by atoms with Crippen molar-refractivity contribution in [2.75, 3.05) is 10.9 Å². The van der Waals surface area contributed by atoms with Crippen LogP contribution in [0.15, 0.2) is 122 Å². The Morgan fingerprint density at radius 1 is 0.656 bits per heavy atom. The minimum Gasteiger partial charge on any atom is -0.507 e. The van der Waals surface area contributed by atoms with Gasteiger partial charge >= 0.3 is 5.97 Å². The number of carbonyl (C=O) groups excluding carboxylic acids is 2. The highest BCUT2D eigenvalue weighted by molar-refractivity contribution is 7.95. The van der Waals surface area contributed by atoms with E-state index in [0.717, 1.165) is 34.9 Å². The maximum atomic E-state index is 13.8. The molecule has 0 saturated heterocycles. The highest BCUT2D eigenvalue weighted by atomic mass is 32.2. The molecule has 0 atom stereocenters. The predicted octanol–water partition coefficient (Wildman–Crippen LogP) is 7.28. The number of rotatable bonds is 10. The van der Waals surface area contributed by atoms with Gasteiger partial charge in [0.15, 0.2) is 5.71 Å². The minimum absolute atomic E-state index is 0.0798. The zero-order valence-corrected chi connectivity index (χ0v) is 33.1. The van der Waals surface area contributed by atoms with Gasteiger partial charge in [0, 0.05) is 11.1 Å². The van der Waals surface area contributed by atoms with E-state index in [9.17, 15) is 55.6 Å². The fourth-order valence-corrected chi connectivity index (χ4v) is 7.77. The van der Waals surface area contributed by atoms with Crippen LogP contribution in [0, 0.1) is 13.8 Å². The van der Waals surface area contributed by atoms with E-state index < -0.39 is 76.1 Å². The van der Waals surface area contributed by atoms with Crippen LogP contribution in [0.25, 0.3) is 22.1 Å². The number of phenolic OH excluding ortho intramolecular Hbond substituents is 1. The van der Waals surface area contributed by atoms with Crippen molar-refractivity contribution < 1.29 is 55.6 Å². The lowest BCUT2D eigenvalue weighted by Crippen LogP contribution is -2.27. The van der Waals surface area contributed by atoms with Gasteiger partial charge in [0.25, 0.3) is 20.2 Å². The Labute approximate surface area is 346 Å². The monoisotopic (exact) mass is 862 g/mol. The molecule has 18 nitrogen and oxygen atoms in total. The molecule has 0 aromatic heterocycles. The smallest absolute Gasteiger partial charge is 0.339 e. The third-order valence-electron chi connectivity index (χ3n) is 9.46. The van der Waals surface area contributed by atoms with E-state index in [1.165, 1.54) is 48.5 Å². The van der Waals surface area contributed by atoms with Crippen molar-refractivity contribution >= 4 is 82.9 Å². The largest absolute Gasteiger partial charge is 0.507 e. The standard InChI is InChI=1S/C41H30N6O12S2/c1-20-14-22(7-11-30(20)44-42-26-10-13-33(48)29(18-26)41(52)53)23-8-12-31(21(2)15-23)45-47-38-36(61(57,58)59)16-24-6-9-25(17-28(24)39(38)50)43-46-32-19-35(60(54,55)56)27-4-3-5-34(49)37(27)40(32)51/h3-19,43,45,48-49H,1-2H3,(H,52,53)(H,54,55,56)(H,57,58,59). The number of carboxylic acids is 1. The topological polar surface area (TPSA) is 294 Å². The van der Waals surface area contributed by atoms with Gasteiger partial charge in [0.1, 0.15) is 32.6 Å². The average molecular weight is 863 g/mol. The lowest BCUT2D eigenvalue weighted by Gasteiger charge is -2.18. The lowest BCUT2D eigenvalue weighted by molar-refractivity contribution is 0.0693. The van der Waals surface area contributed by atoms with Gasteiger partial charge in [-0.25, -0.2) is 4.79 Å². The van der Waals surface area contributed by atoms with E-state index in [1.54, 1.807) is 31.2 Å². The second-order valence-corrected chi connectivity index (χ2v) is 16.3. The SMILES string of the molecule is Cc1cc(-c2ccc(NN=C3C(=O)c4cc(NN=C5C=C(S(=O)(=O)O)c6cccc(O)c6C5=O)ccc4C=C3S(=O)(=O)O)c(C)c2)ccc1N=Nc1ccc(O)c(C(=O)O)c1. The van der Waals surface area contributed by atoms with Crippen LogP contribution in [0.2, 0.25) is 0 Å². The number of carbonyl (C=O) groups is 3. The maximum Gasteiger partial charge on any atom is 0.339 e. The highest BCUT2D eigenvalue weighted by Crippen LogP contribution is 2.35. The molecule has 2 aliphatic carbocycles. The van der Waals surface area contributed by atoms with Gasteiger partial charge in [-0.2, -0.15) is 37.3 Å². The average Bonchev–Trinajstić information content (AvgIpc) is 3.19. The van der Waals surface area contributed by atoms with Crippen LogP contribution in [-0.2, 0) is 20.2 Å². The Morgan fingerprint density at radius 2 is 1.36 bits per heavy atom. The number of carboxylic acid groups (broad SMARTS) is 1. The zero-order valence-electron chi connectivity index (χ0n) is 31.5. The van der Waals surface area contributed by atoms with Gasteiger partial charge in [0.2, 0.25) is 11.6 Å². The Hall–Kier alpha value is -7.65. The Balaban J connectivity index is 1.12. The number of allylic oxidation sites excluding steroid dienone is 2. The van der Waals surface area contributed by atoms with Crippen LogP contribution in [0.4, 0.5) is 22.7 Å². The fraction of sp³-hybridized carbons (Fsp3) is 0.0488. The van der Waals surface area contributed by atoms with Crippen LogP contribution in [-0.4, -0.2) is 70.2 Å². The molecule has 5 aromatic rings. The van der Waals surface area contributed by atoms with Crippen LogP contribution in [0.5, 0.6) is 11.5 Å². The summed E-state index contributed by atoms with van der Waals surface area (Å²) in [6.07, 6.45) is 1.86. The second kappa shape index (κ2) is 15.8. The van der Waals surface area contributed by atoms with Gasteiger partial charge < -0.3 is 15.3 Å². The van der Waals surface area contributed by atoms with E-state index in [4.69, 9.17) is 0 Å². The van der Waals surface area contributed by atoms with Crippen LogP contribution < -0.4 is 10.9 Å². The number of ketones is 2. The van der Waals surface area contributed by atoms with Crippen molar-refractivity contribution in [3.63, 3.8) is 0 Å². The number of Topliss-reactive ketones (excluding diaryl/α,β-unsaturated/α-hetero) is 2. The van der Waals surface area contributed by atoms with Crippen LogP contribution in [0.3, 0.4) is 0 Å². The summed E-state index contributed by atoms with van der Waals surface area (Å²) in [6, 6.07) is 22.1. The molecule has 0 bridgehead atoms. The minimum atomic E-state index is -4.98. The van der Waals surface area contributed by atoms with Gasteiger partial charge in [-0.15, -0.1) is 0 Å². The molecular formula is C41H30N6O12S2. The summed E-state index contributed by atoms with van der Waals surface area (Å²) in [5, 5.41) is 45.7. The molecule has 0 fully saturated rings. The number of azo groups is 1. The maximum absolute atomic E-state index is 13.8. The van der Waals surface area contributed by atoms with Crippen molar-refractivity contribution in [3.05, 3.63) is 141 Å². The number of hydrazone groups is 2. The Bertz CT molecular complexity index is 3150. The summed E-state index contributed by atoms with van der Waals surface area (Å²) in [5.74, 6) is -4.03. The van der Waals surface area contributed by atoms with Gasteiger partial charge in [-0.3, -0.25) is 29.5 Å². The number of hydrogen-bond donors (Lipinski definition) is 7. The number of phenols is 2. The van der Waals surface area contributed by atoms with E-state index in [1.807, 2.05) is 19.1 Å². The molecule has 7 rings (SSSR count). The molecule has 5 aromatic carbocycles. The Morgan fingerprint density at radius 3 is 2.03 bits per heavy atom. The van der Waals surface area contributed by atoms with Crippen molar-refractivity contribution in [3.8, 4) is 22.6 Å². The second-order valence-electron chi connectivity index (χ2n) is 13.5. The van der Waals surface area contributed by atoms with E-state index in [-0.39, 0.29) is 33.6 Å². The first-order valence-corrected chi connectivity index (χ1v) is 20.5. The lowest BCUT2D eigenvalue weighted by atomic mass is 9.93. The number of nitrogens with one attached hydrogen (secondary N) is 2. The quantitative estimate of drug-likeness (QED) is 0.0412. The van der Waals surface area contributed by atoms with Crippen molar-refractivity contribution in [1.29, 1.82) is 0 Å². The van der Waals surface area contributed by atoms with Gasteiger partial charge in [-0.05, 0) is 114 Å². The zero-order chi connectivity index (χ0) is 44.0. The number of hydrogen-bond acceptors (Lipinski definition) is 15. The number of fused-ring (bicyclic) bond motifs is 2. The van der Waals surface area contributed by atoms with E-state index in [0.29, 0.717) is 16.9 Å². The van der Waals surface area contributed by atoms with Crippen molar-refractivity contribution in [2.45, 2.75) is 13.8 Å². The number of nitrogens with zero attached hydrogens (tertiary/aromatic N) is 4. The molecule has 0 heterocycles. The first-order chi connectivity index (χ1) is 28.8. The molecule has 308 valence electrons. The molecule has 7 N–H and O–H groups in total. The molecule has 20 heteroatoms. The number of aromatic carboxylic acids is 1. The van der Waals surface area contributed by atoms with Crippen LogP contribution >= 0.6 is 0 Å². The molecule has 61 heavy (non-hydrogen) atoms. The first-order valence-electron chi connectivity index (χ1n) is 17.6. The van der Waals surface area contributed by atoms with E-state index in [2.05, 4.69) is 31.3 Å². The fourth-order valence-electron chi connectivity index (χ4n) is 6.40. The Kier molecular flexibility index (Phi) is 10.8. The van der Waals surface area contributed by atoms with E-state index >= 15 is 0 Å². The third kappa shape index (κ3) is 8.45. The molecule has 0 aliphatic heterocycles. The number of anilines is 2. The summed E-state index contributed by atoms with van der Waals surface area (Å²) < 4.78 is 69.1. The molecule has 0 unspecified atom stereocenters. The summed E-state index contributed by atoms with van der Waals surface area (Å²) in [4.78, 5) is 36.9. The molecule has 0 amide bonds. The van der Waals surface area contributed by atoms with Crippen LogP contribution in [0.1, 0.15) is 53.3 Å². The molecule has 0 spiro atoms. The van der Waals surface area contributed by atoms with Gasteiger partial charge in [0.05, 0.1) is 28.3 Å². The number of aromatic hydroxyl groups is 2. The number of aryl methyl sites for hydroxylation is 2. The predicted molar refractivity (Wildman–Crippen MR) is 225 cm³/mol. The molecular weight excluding hydrogens is 833 g/mol. The molecule has 0 saturated carbocycles. The summed E-state index contributed by atoms with van der Waals surface area (Å²) in [5.41, 5.74) is 7.31. The normalized spacial score (nSPS) is 15.3. The first kappa shape index (κ1) is 41.5. The van der Waals surface area contributed by atoms with Gasteiger partial charge in [-0.1, -0.05) is 30.3 Å². The molecule has 2 aliphatic rings. The highest BCUT2D eigenvalue weighted by Gasteiger charge is 2.34. The summed E-state index contributed by atoms with van der Waals surface area (Å²) in [7, 11) is -9.85. The summed E-state index contributed by atoms with van der Waals surface area (Å²) >= 11 is 0. The molecule has 0 radical (unpaired) electrons. The summed E-state index contributed by atoms with van der Waals surface area (Å²) in [6.45, 7) is 3.55. The van der Waals surface area contributed by atoms with Crippen molar-refractivity contribution in [2.24, 2.45) is 20.4 Å². The number of benzene rings is 5.